The van der Waals surface area contributed by atoms with Crippen molar-refractivity contribution in [3.63, 3.8) is 0 Å². The van der Waals surface area contributed by atoms with E-state index < -0.39 is 5.60 Å². The third-order valence-electron chi connectivity index (χ3n) is 3.09. The average molecular weight is 252 g/mol. The highest BCUT2D eigenvalue weighted by atomic mass is 16.3. The van der Waals surface area contributed by atoms with E-state index in [2.05, 4.69) is 24.1 Å². The molecular formula is C14H24N2O2. The average Bonchev–Trinajstić information content (AvgIpc) is 2.70. The molecule has 0 aliphatic heterocycles. The molecule has 0 radical (unpaired) electrons. The van der Waals surface area contributed by atoms with Gasteiger partial charge in [0.1, 0.15) is 0 Å². The SMILES string of the molecule is Cc1[nH]ccc1C(=O)NCC(C)(O)CCC(C)C. The number of aromatic nitrogens is 1. The molecule has 1 aromatic heterocycles. The van der Waals surface area contributed by atoms with E-state index in [4.69, 9.17) is 0 Å². The summed E-state index contributed by atoms with van der Waals surface area (Å²) in [5.74, 6) is 0.415. The zero-order chi connectivity index (χ0) is 13.8. The van der Waals surface area contributed by atoms with E-state index in [1.54, 1.807) is 19.2 Å². The van der Waals surface area contributed by atoms with Gasteiger partial charge in [0.2, 0.25) is 0 Å². The van der Waals surface area contributed by atoms with Gasteiger partial charge >= 0.3 is 0 Å². The van der Waals surface area contributed by atoms with Crippen LogP contribution in [0.15, 0.2) is 12.3 Å². The highest BCUT2D eigenvalue weighted by Crippen LogP contribution is 2.15. The Hall–Kier alpha value is -1.29. The first-order valence-electron chi connectivity index (χ1n) is 6.46. The third kappa shape index (κ3) is 4.53. The zero-order valence-corrected chi connectivity index (χ0v) is 11.7. The normalized spacial score (nSPS) is 14.6. The molecule has 4 nitrogen and oxygen atoms in total. The van der Waals surface area contributed by atoms with E-state index >= 15 is 0 Å². The number of aliphatic hydroxyl groups is 1. The maximum Gasteiger partial charge on any atom is 0.253 e. The van der Waals surface area contributed by atoms with Crippen LogP contribution in [0.1, 0.15) is 49.7 Å². The maximum absolute atomic E-state index is 11.9. The van der Waals surface area contributed by atoms with Crippen LogP contribution in [-0.2, 0) is 0 Å². The van der Waals surface area contributed by atoms with E-state index in [0.717, 1.165) is 12.1 Å². The number of rotatable bonds is 6. The lowest BCUT2D eigenvalue weighted by Crippen LogP contribution is -2.40. The summed E-state index contributed by atoms with van der Waals surface area (Å²) in [4.78, 5) is 14.8. The van der Waals surface area contributed by atoms with Gasteiger partial charge in [0.05, 0.1) is 11.2 Å². The van der Waals surface area contributed by atoms with Gasteiger partial charge in [0.25, 0.3) is 5.91 Å². The second-order valence-electron chi connectivity index (χ2n) is 5.63. The lowest BCUT2D eigenvalue weighted by molar-refractivity contribution is 0.0429. The summed E-state index contributed by atoms with van der Waals surface area (Å²) in [5.41, 5.74) is 0.633. The van der Waals surface area contributed by atoms with E-state index in [1.807, 2.05) is 6.92 Å². The second-order valence-corrected chi connectivity index (χ2v) is 5.63. The first kappa shape index (κ1) is 14.8. The lowest BCUT2D eigenvalue weighted by Gasteiger charge is -2.24. The Morgan fingerprint density at radius 2 is 2.22 bits per heavy atom. The van der Waals surface area contributed by atoms with Crippen LogP contribution in [0, 0.1) is 12.8 Å². The van der Waals surface area contributed by atoms with Crippen LogP contribution in [-0.4, -0.2) is 28.1 Å². The maximum atomic E-state index is 11.9. The van der Waals surface area contributed by atoms with Gasteiger partial charge in [0, 0.05) is 18.4 Å². The molecule has 1 amide bonds. The van der Waals surface area contributed by atoms with Gasteiger partial charge in [-0.1, -0.05) is 13.8 Å². The van der Waals surface area contributed by atoms with Gasteiger partial charge in [0.15, 0.2) is 0 Å². The topological polar surface area (TPSA) is 65.1 Å². The molecule has 1 aromatic rings. The van der Waals surface area contributed by atoms with Crippen LogP contribution in [0.2, 0.25) is 0 Å². The molecule has 0 saturated heterocycles. The van der Waals surface area contributed by atoms with Crippen molar-refractivity contribution in [3.05, 3.63) is 23.5 Å². The van der Waals surface area contributed by atoms with E-state index in [9.17, 15) is 9.90 Å². The summed E-state index contributed by atoms with van der Waals surface area (Å²) in [6, 6.07) is 1.74. The number of H-pyrrole nitrogens is 1. The Balaban J connectivity index is 2.45. The Labute approximate surface area is 109 Å². The molecule has 3 N–H and O–H groups in total. The van der Waals surface area contributed by atoms with Crippen molar-refractivity contribution < 1.29 is 9.90 Å². The lowest BCUT2D eigenvalue weighted by atomic mass is 9.95. The predicted molar refractivity (Wildman–Crippen MR) is 72.6 cm³/mol. The molecule has 0 aromatic carbocycles. The summed E-state index contributed by atoms with van der Waals surface area (Å²) in [6.07, 6.45) is 3.38. The number of carbonyl (C=O) groups is 1. The van der Waals surface area contributed by atoms with Gasteiger partial charge in [-0.15, -0.1) is 0 Å². The highest BCUT2D eigenvalue weighted by Gasteiger charge is 2.22. The Morgan fingerprint density at radius 3 is 2.72 bits per heavy atom. The Bertz CT molecular complexity index is 394. The predicted octanol–water partition coefficient (Wildman–Crippen LogP) is 2.24. The molecule has 0 saturated carbocycles. The van der Waals surface area contributed by atoms with Gasteiger partial charge < -0.3 is 15.4 Å². The van der Waals surface area contributed by atoms with Crippen LogP contribution >= 0.6 is 0 Å². The molecule has 1 unspecified atom stereocenters. The van der Waals surface area contributed by atoms with Crippen molar-refractivity contribution in [1.29, 1.82) is 0 Å². The molecule has 1 atom stereocenters. The molecule has 0 aliphatic rings. The number of nitrogens with one attached hydrogen (secondary N) is 2. The summed E-state index contributed by atoms with van der Waals surface area (Å²) < 4.78 is 0. The van der Waals surface area contributed by atoms with Crippen LogP contribution < -0.4 is 5.32 Å². The van der Waals surface area contributed by atoms with Crippen LogP contribution in [0.25, 0.3) is 0 Å². The van der Waals surface area contributed by atoms with Gasteiger partial charge in [-0.3, -0.25) is 4.79 Å². The molecule has 0 fully saturated rings. The van der Waals surface area contributed by atoms with Crippen molar-refractivity contribution in [2.24, 2.45) is 5.92 Å². The van der Waals surface area contributed by atoms with Crippen LogP contribution in [0.5, 0.6) is 0 Å². The quantitative estimate of drug-likeness (QED) is 0.727. The first-order valence-corrected chi connectivity index (χ1v) is 6.46. The van der Waals surface area contributed by atoms with E-state index in [-0.39, 0.29) is 12.5 Å². The summed E-state index contributed by atoms with van der Waals surface area (Å²) in [7, 11) is 0. The number of hydrogen-bond donors (Lipinski definition) is 3. The Morgan fingerprint density at radius 1 is 1.56 bits per heavy atom. The number of aryl methyl sites for hydroxylation is 1. The summed E-state index contributed by atoms with van der Waals surface area (Å²) in [6.45, 7) is 8.14. The summed E-state index contributed by atoms with van der Waals surface area (Å²) in [5, 5.41) is 12.9. The van der Waals surface area contributed by atoms with Crippen molar-refractivity contribution in [1.82, 2.24) is 10.3 Å². The minimum Gasteiger partial charge on any atom is -0.388 e. The van der Waals surface area contributed by atoms with Crippen LogP contribution in [0.3, 0.4) is 0 Å². The second kappa shape index (κ2) is 6.05. The van der Waals surface area contributed by atoms with Gasteiger partial charge in [-0.2, -0.15) is 0 Å². The van der Waals surface area contributed by atoms with Crippen molar-refractivity contribution in [2.75, 3.05) is 6.54 Å². The monoisotopic (exact) mass is 252 g/mol. The third-order valence-corrected chi connectivity index (χ3v) is 3.09. The minimum absolute atomic E-state index is 0.140. The number of hydrogen-bond acceptors (Lipinski definition) is 2. The van der Waals surface area contributed by atoms with Crippen molar-refractivity contribution in [3.8, 4) is 0 Å². The van der Waals surface area contributed by atoms with Crippen LogP contribution in [0.4, 0.5) is 0 Å². The molecule has 0 aliphatic carbocycles. The smallest absolute Gasteiger partial charge is 0.253 e. The number of aromatic amines is 1. The van der Waals surface area contributed by atoms with Gasteiger partial charge in [-0.05, 0) is 38.7 Å². The fourth-order valence-electron chi connectivity index (χ4n) is 1.75. The standard InChI is InChI=1S/C14H24N2O2/c1-10(2)5-7-14(4,18)9-16-13(17)12-6-8-15-11(12)3/h6,8,10,15,18H,5,7,9H2,1-4H3,(H,16,17). The fourth-order valence-corrected chi connectivity index (χ4v) is 1.75. The largest absolute Gasteiger partial charge is 0.388 e. The molecule has 4 heteroatoms. The molecule has 18 heavy (non-hydrogen) atoms. The van der Waals surface area contributed by atoms with Crippen molar-refractivity contribution in [2.45, 2.75) is 46.1 Å². The molecule has 1 heterocycles. The fraction of sp³-hybridized carbons (Fsp3) is 0.643. The van der Waals surface area contributed by atoms with Crippen molar-refractivity contribution >= 4 is 5.91 Å². The highest BCUT2D eigenvalue weighted by molar-refractivity contribution is 5.95. The zero-order valence-electron chi connectivity index (χ0n) is 11.7. The molecule has 0 spiro atoms. The summed E-state index contributed by atoms with van der Waals surface area (Å²) >= 11 is 0. The first-order chi connectivity index (χ1) is 8.32. The molecule has 1 rings (SSSR count). The number of carbonyl (C=O) groups excluding carboxylic acids is 1. The number of amides is 1. The molecular weight excluding hydrogens is 228 g/mol. The minimum atomic E-state index is -0.843. The molecule has 102 valence electrons. The van der Waals surface area contributed by atoms with E-state index in [0.29, 0.717) is 17.9 Å². The van der Waals surface area contributed by atoms with E-state index in [1.165, 1.54) is 0 Å². The Kier molecular flexibility index (Phi) is 4.96. The molecule has 0 bridgehead atoms. The van der Waals surface area contributed by atoms with Gasteiger partial charge in [-0.25, -0.2) is 0 Å².